The first-order valence-corrected chi connectivity index (χ1v) is 9.94. The van der Waals surface area contributed by atoms with E-state index < -0.39 is 6.16 Å². The maximum atomic E-state index is 12.1. The van der Waals surface area contributed by atoms with Crippen molar-refractivity contribution in [2.24, 2.45) is 0 Å². The zero-order chi connectivity index (χ0) is 20.9. The fourth-order valence-electron chi connectivity index (χ4n) is 2.93. The van der Waals surface area contributed by atoms with Crippen LogP contribution in [0.3, 0.4) is 0 Å². The van der Waals surface area contributed by atoms with Crippen molar-refractivity contribution in [2.75, 3.05) is 0 Å². The first-order valence-electron chi connectivity index (χ1n) is 9.18. The molecule has 0 saturated carbocycles. The molecule has 5 heteroatoms. The lowest BCUT2D eigenvalue weighted by Crippen LogP contribution is -2.13. The highest BCUT2D eigenvalue weighted by Crippen LogP contribution is 2.26. The molecule has 4 aromatic rings. The summed E-state index contributed by atoms with van der Waals surface area (Å²) in [5, 5.41) is 1.37. The van der Waals surface area contributed by atoms with Crippen LogP contribution in [0.1, 0.15) is 0 Å². The molecule has 0 aliphatic carbocycles. The molecular formula is C25H16Cl2O3. The van der Waals surface area contributed by atoms with E-state index in [4.69, 9.17) is 32.7 Å². The van der Waals surface area contributed by atoms with Crippen molar-refractivity contribution < 1.29 is 14.3 Å². The molecular weight excluding hydrogens is 419 g/mol. The molecule has 0 radical (unpaired) electrons. The van der Waals surface area contributed by atoms with Crippen LogP contribution in [0.2, 0.25) is 10.0 Å². The summed E-state index contributed by atoms with van der Waals surface area (Å²) in [7, 11) is 0. The fraction of sp³-hybridized carbons (Fsp3) is 0. The van der Waals surface area contributed by atoms with Crippen molar-refractivity contribution in [3.8, 4) is 33.8 Å². The summed E-state index contributed by atoms with van der Waals surface area (Å²) in [6.07, 6.45) is -0.798. The second kappa shape index (κ2) is 9.04. The minimum atomic E-state index is -0.798. The van der Waals surface area contributed by atoms with Gasteiger partial charge in [-0.05, 0) is 70.8 Å². The molecule has 4 rings (SSSR count). The van der Waals surface area contributed by atoms with Gasteiger partial charge in [-0.15, -0.1) is 0 Å². The summed E-state index contributed by atoms with van der Waals surface area (Å²) >= 11 is 11.8. The van der Waals surface area contributed by atoms with E-state index in [-0.39, 0.29) is 0 Å². The van der Waals surface area contributed by atoms with Gasteiger partial charge in [-0.2, -0.15) is 0 Å². The number of halogens is 2. The number of benzene rings is 4. The molecule has 0 amide bonds. The Bertz CT molecular complexity index is 1040. The molecule has 0 bridgehead atoms. The highest BCUT2D eigenvalue weighted by molar-refractivity contribution is 6.30. The number of hydrogen-bond acceptors (Lipinski definition) is 3. The van der Waals surface area contributed by atoms with Crippen LogP contribution < -0.4 is 9.47 Å². The molecule has 0 N–H and O–H groups in total. The van der Waals surface area contributed by atoms with Gasteiger partial charge in [-0.3, -0.25) is 0 Å². The standard InChI is InChI=1S/C25H16Cl2O3/c26-21-9-1-17(2-10-21)19-5-13-23(14-6-19)29-25(28)30-24-15-7-20(8-16-24)18-3-11-22(27)12-4-18/h1-16H. The van der Waals surface area contributed by atoms with Gasteiger partial charge in [-0.25, -0.2) is 4.79 Å². The van der Waals surface area contributed by atoms with Crippen LogP contribution in [0, 0.1) is 0 Å². The van der Waals surface area contributed by atoms with E-state index in [9.17, 15) is 4.79 Å². The van der Waals surface area contributed by atoms with Crippen molar-refractivity contribution in [1.82, 2.24) is 0 Å². The predicted molar refractivity (Wildman–Crippen MR) is 120 cm³/mol. The number of carbonyl (C=O) groups excluding carboxylic acids is 1. The van der Waals surface area contributed by atoms with Crippen LogP contribution in [0.5, 0.6) is 11.5 Å². The first-order chi connectivity index (χ1) is 14.6. The lowest BCUT2D eigenvalue weighted by atomic mass is 10.1. The largest absolute Gasteiger partial charge is 0.519 e. The molecule has 3 nitrogen and oxygen atoms in total. The molecule has 0 aromatic heterocycles. The van der Waals surface area contributed by atoms with Gasteiger partial charge in [0.2, 0.25) is 0 Å². The molecule has 0 aliphatic rings. The van der Waals surface area contributed by atoms with Crippen LogP contribution in [0.25, 0.3) is 22.3 Å². The number of rotatable bonds is 4. The van der Waals surface area contributed by atoms with Gasteiger partial charge < -0.3 is 9.47 Å². The number of carbonyl (C=O) groups is 1. The van der Waals surface area contributed by atoms with E-state index >= 15 is 0 Å². The van der Waals surface area contributed by atoms with Gasteiger partial charge in [0.1, 0.15) is 11.5 Å². The van der Waals surface area contributed by atoms with Gasteiger partial charge in [0.05, 0.1) is 0 Å². The predicted octanol–water partition coefficient (Wildman–Crippen LogP) is 7.91. The quantitative estimate of drug-likeness (QED) is 0.241. The smallest absolute Gasteiger partial charge is 0.395 e. The Kier molecular flexibility index (Phi) is 6.03. The topological polar surface area (TPSA) is 35.5 Å². The molecule has 30 heavy (non-hydrogen) atoms. The van der Waals surface area contributed by atoms with E-state index in [1.807, 2.05) is 72.8 Å². The molecule has 0 spiro atoms. The monoisotopic (exact) mass is 434 g/mol. The van der Waals surface area contributed by atoms with Gasteiger partial charge >= 0.3 is 6.16 Å². The van der Waals surface area contributed by atoms with Gasteiger partial charge in [0, 0.05) is 10.0 Å². The molecule has 0 heterocycles. The van der Waals surface area contributed by atoms with E-state index in [0.29, 0.717) is 21.5 Å². The van der Waals surface area contributed by atoms with Crippen LogP contribution in [-0.2, 0) is 0 Å². The van der Waals surface area contributed by atoms with Crippen molar-refractivity contribution in [2.45, 2.75) is 0 Å². The lowest BCUT2D eigenvalue weighted by molar-refractivity contribution is 0.152. The van der Waals surface area contributed by atoms with Gasteiger partial charge in [0.25, 0.3) is 0 Å². The van der Waals surface area contributed by atoms with Gasteiger partial charge in [-0.1, -0.05) is 71.7 Å². The van der Waals surface area contributed by atoms with Crippen molar-refractivity contribution in [1.29, 1.82) is 0 Å². The molecule has 0 saturated heterocycles. The summed E-state index contributed by atoms with van der Waals surface area (Å²) in [6.45, 7) is 0. The fourth-order valence-corrected chi connectivity index (χ4v) is 3.18. The SMILES string of the molecule is O=C(Oc1ccc(-c2ccc(Cl)cc2)cc1)Oc1ccc(-c2ccc(Cl)cc2)cc1. The van der Waals surface area contributed by atoms with Crippen LogP contribution in [-0.4, -0.2) is 6.16 Å². The second-order valence-corrected chi connectivity index (χ2v) is 7.39. The molecule has 4 aromatic carbocycles. The van der Waals surface area contributed by atoms with Crippen molar-refractivity contribution in [3.63, 3.8) is 0 Å². The first kappa shape index (κ1) is 20.0. The lowest BCUT2D eigenvalue weighted by Gasteiger charge is -2.08. The Labute approximate surface area is 184 Å². The normalized spacial score (nSPS) is 10.5. The summed E-state index contributed by atoms with van der Waals surface area (Å²) < 4.78 is 10.5. The third-order valence-corrected chi connectivity index (χ3v) is 4.97. The summed E-state index contributed by atoms with van der Waals surface area (Å²) in [4.78, 5) is 12.1. The Balaban J connectivity index is 1.37. The van der Waals surface area contributed by atoms with E-state index in [2.05, 4.69) is 0 Å². The number of ether oxygens (including phenoxy) is 2. The summed E-state index contributed by atoms with van der Waals surface area (Å²) in [5.74, 6) is 0.797. The van der Waals surface area contributed by atoms with E-state index in [0.717, 1.165) is 22.3 Å². The van der Waals surface area contributed by atoms with E-state index in [1.54, 1.807) is 24.3 Å². The molecule has 0 unspecified atom stereocenters. The highest BCUT2D eigenvalue weighted by Gasteiger charge is 2.09. The van der Waals surface area contributed by atoms with E-state index in [1.165, 1.54) is 0 Å². The highest BCUT2D eigenvalue weighted by atomic mass is 35.5. The third-order valence-electron chi connectivity index (χ3n) is 4.47. The average Bonchev–Trinajstić information content (AvgIpc) is 2.76. The molecule has 148 valence electrons. The maximum Gasteiger partial charge on any atom is 0.519 e. The van der Waals surface area contributed by atoms with Crippen LogP contribution in [0.4, 0.5) is 4.79 Å². The van der Waals surface area contributed by atoms with Crippen LogP contribution >= 0.6 is 23.2 Å². The third kappa shape index (κ3) is 5.01. The van der Waals surface area contributed by atoms with Crippen LogP contribution in [0.15, 0.2) is 97.1 Å². The zero-order valence-electron chi connectivity index (χ0n) is 15.7. The van der Waals surface area contributed by atoms with Crippen molar-refractivity contribution in [3.05, 3.63) is 107 Å². The molecule has 0 atom stereocenters. The molecule has 0 aliphatic heterocycles. The van der Waals surface area contributed by atoms with Crippen molar-refractivity contribution >= 4 is 29.4 Å². The van der Waals surface area contributed by atoms with Gasteiger partial charge in [0.15, 0.2) is 0 Å². The Hall–Kier alpha value is -3.27. The summed E-state index contributed by atoms with van der Waals surface area (Å²) in [5.41, 5.74) is 4.03. The zero-order valence-corrected chi connectivity index (χ0v) is 17.2. The average molecular weight is 435 g/mol. The minimum absolute atomic E-state index is 0.399. The Morgan fingerprint density at radius 1 is 0.467 bits per heavy atom. The Morgan fingerprint density at radius 3 is 1.03 bits per heavy atom. The second-order valence-electron chi connectivity index (χ2n) is 6.52. The summed E-state index contributed by atoms with van der Waals surface area (Å²) in [6, 6.07) is 29.4. The number of hydrogen-bond donors (Lipinski definition) is 0. The minimum Gasteiger partial charge on any atom is -0.395 e. The Morgan fingerprint density at radius 2 is 0.733 bits per heavy atom. The maximum absolute atomic E-state index is 12.1. The molecule has 0 fully saturated rings.